The molecule has 0 saturated carbocycles. The van der Waals surface area contributed by atoms with Gasteiger partial charge in [0.1, 0.15) is 0 Å². The van der Waals surface area contributed by atoms with Gasteiger partial charge in [0.15, 0.2) is 0 Å². The molecule has 0 atom stereocenters. The fourth-order valence-corrected chi connectivity index (χ4v) is 2.81. The van der Waals surface area contributed by atoms with E-state index < -0.39 is 0 Å². The molecule has 2 aromatic rings. The molecule has 0 unspecified atom stereocenters. The molecule has 1 aliphatic rings. The predicted octanol–water partition coefficient (Wildman–Crippen LogP) is 2.44. The molecule has 0 aliphatic carbocycles. The zero-order valence-electron chi connectivity index (χ0n) is 11.7. The smallest absolute Gasteiger partial charge is 0.314 e. The van der Waals surface area contributed by atoms with Gasteiger partial charge in [0.05, 0.1) is 4.92 Å². The molecule has 2 heterocycles. The first-order chi connectivity index (χ1) is 10.1. The summed E-state index contributed by atoms with van der Waals surface area (Å²) in [6.07, 6.45) is 2.39. The van der Waals surface area contributed by atoms with Gasteiger partial charge < -0.3 is 10.6 Å². The van der Waals surface area contributed by atoms with Gasteiger partial charge in [-0.2, -0.15) is 0 Å². The first-order valence-corrected chi connectivity index (χ1v) is 6.79. The van der Waals surface area contributed by atoms with Crippen molar-refractivity contribution in [2.45, 2.75) is 19.9 Å². The minimum Gasteiger partial charge on any atom is -0.398 e. The monoisotopic (exact) mass is 284 g/mol. The predicted molar refractivity (Wildman–Crippen MR) is 81.2 cm³/mol. The maximum atomic E-state index is 11.3. The fourth-order valence-electron chi connectivity index (χ4n) is 2.81. The van der Waals surface area contributed by atoms with Crippen LogP contribution in [0, 0.1) is 17.0 Å². The highest BCUT2D eigenvalue weighted by molar-refractivity contribution is 5.63. The van der Waals surface area contributed by atoms with Crippen LogP contribution in [0.4, 0.5) is 17.2 Å². The summed E-state index contributed by atoms with van der Waals surface area (Å²) in [5.41, 5.74) is 9.74. The molecule has 0 amide bonds. The topological polar surface area (TPSA) is 85.3 Å². The van der Waals surface area contributed by atoms with Crippen LogP contribution < -0.4 is 10.6 Å². The summed E-state index contributed by atoms with van der Waals surface area (Å²) in [6.45, 7) is 3.01. The third-order valence-corrected chi connectivity index (χ3v) is 3.89. The Morgan fingerprint density at radius 1 is 1.38 bits per heavy atom. The minimum absolute atomic E-state index is 0.0878. The van der Waals surface area contributed by atoms with Crippen molar-refractivity contribution in [2.24, 2.45) is 0 Å². The lowest BCUT2D eigenvalue weighted by Gasteiger charge is -2.30. The number of nitrogens with two attached hydrogens (primary N) is 1. The highest BCUT2D eigenvalue weighted by Gasteiger charge is 2.26. The van der Waals surface area contributed by atoms with Gasteiger partial charge in [-0.1, -0.05) is 12.1 Å². The van der Waals surface area contributed by atoms with Gasteiger partial charge in [0.25, 0.3) is 0 Å². The summed E-state index contributed by atoms with van der Waals surface area (Å²) < 4.78 is 0. The second-order valence-corrected chi connectivity index (χ2v) is 5.21. The van der Waals surface area contributed by atoms with Crippen molar-refractivity contribution < 1.29 is 4.92 Å². The molecule has 6 nitrogen and oxygen atoms in total. The van der Waals surface area contributed by atoms with Crippen molar-refractivity contribution in [3.05, 3.63) is 57.3 Å². The van der Waals surface area contributed by atoms with Crippen LogP contribution in [0.1, 0.15) is 16.7 Å². The molecular formula is C15H16N4O2. The SMILES string of the molecule is Cc1ccnc(N2CCc3c(N)cccc3C2)c1[N+](=O)[O-]. The van der Waals surface area contributed by atoms with E-state index >= 15 is 0 Å². The second-order valence-electron chi connectivity index (χ2n) is 5.21. The van der Waals surface area contributed by atoms with E-state index in [1.165, 1.54) is 0 Å². The van der Waals surface area contributed by atoms with Crippen LogP contribution in [0.3, 0.4) is 0 Å². The van der Waals surface area contributed by atoms with Crippen LogP contribution in [0.25, 0.3) is 0 Å². The Labute approximate surface area is 122 Å². The van der Waals surface area contributed by atoms with Crippen molar-refractivity contribution in [3.8, 4) is 0 Å². The van der Waals surface area contributed by atoms with Crippen molar-refractivity contribution in [1.82, 2.24) is 4.98 Å². The van der Waals surface area contributed by atoms with E-state index in [9.17, 15) is 10.1 Å². The van der Waals surface area contributed by atoms with Crippen molar-refractivity contribution in [2.75, 3.05) is 17.2 Å². The molecule has 6 heteroatoms. The van der Waals surface area contributed by atoms with Gasteiger partial charge in [-0.15, -0.1) is 0 Å². The Morgan fingerprint density at radius 3 is 2.95 bits per heavy atom. The van der Waals surface area contributed by atoms with Crippen molar-refractivity contribution >= 4 is 17.2 Å². The molecule has 1 aromatic heterocycles. The van der Waals surface area contributed by atoms with Gasteiger partial charge in [-0.05, 0) is 36.6 Å². The fraction of sp³-hybridized carbons (Fsp3) is 0.267. The molecule has 0 fully saturated rings. The number of nitrogen functional groups attached to an aromatic ring is 1. The Bertz CT molecular complexity index is 715. The van der Waals surface area contributed by atoms with Gasteiger partial charge in [0.2, 0.25) is 5.82 Å². The summed E-state index contributed by atoms with van der Waals surface area (Å²) in [5.74, 6) is 0.438. The average Bonchev–Trinajstić information content (AvgIpc) is 2.46. The molecule has 0 radical (unpaired) electrons. The van der Waals surface area contributed by atoms with Crippen LogP contribution >= 0.6 is 0 Å². The third kappa shape index (κ3) is 2.29. The first kappa shape index (κ1) is 13.4. The molecule has 0 spiro atoms. The molecule has 0 bridgehead atoms. The maximum Gasteiger partial charge on any atom is 0.314 e. The van der Waals surface area contributed by atoms with Crippen LogP contribution in [0.15, 0.2) is 30.5 Å². The molecule has 3 rings (SSSR count). The summed E-state index contributed by atoms with van der Waals surface area (Å²) in [5, 5.41) is 11.3. The molecule has 1 aromatic carbocycles. The maximum absolute atomic E-state index is 11.3. The molecule has 21 heavy (non-hydrogen) atoms. The molecule has 2 N–H and O–H groups in total. The van der Waals surface area contributed by atoms with Gasteiger partial charge in [0, 0.05) is 30.5 Å². The number of nitrogens with zero attached hydrogens (tertiary/aromatic N) is 3. The van der Waals surface area contributed by atoms with Gasteiger partial charge >= 0.3 is 5.69 Å². The summed E-state index contributed by atoms with van der Waals surface area (Å²) in [7, 11) is 0. The second kappa shape index (κ2) is 5.05. The minimum atomic E-state index is -0.355. The zero-order chi connectivity index (χ0) is 15.0. The average molecular weight is 284 g/mol. The molecular weight excluding hydrogens is 268 g/mol. The van der Waals surface area contributed by atoms with E-state index in [2.05, 4.69) is 4.98 Å². The third-order valence-electron chi connectivity index (χ3n) is 3.89. The van der Waals surface area contributed by atoms with Crippen LogP contribution in [-0.2, 0) is 13.0 Å². The van der Waals surface area contributed by atoms with E-state index in [-0.39, 0.29) is 10.6 Å². The Hall–Kier alpha value is -2.63. The first-order valence-electron chi connectivity index (χ1n) is 6.79. The highest BCUT2D eigenvalue weighted by atomic mass is 16.6. The summed E-state index contributed by atoms with van der Waals surface area (Å²) in [6, 6.07) is 7.48. The lowest BCUT2D eigenvalue weighted by molar-refractivity contribution is -0.384. The summed E-state index contributed by atoms with van der Waals surface area (Å²) in [4.78, 5) is 17.1. The number of anilines is 2. The number of pyridine rings is 1. The molecule has 108 valence electrons. The Morgan fingerprint density at radius 2 is 2.19 bits per heavy atom. The van der Waals surface area contributed by atoms with Crippen molar-refractivity contribution in [1.29, 1.82) is 0 Å². The number of fused-ring (bicyclic) bond motifs is 1. The number of nitro groups is 1. The number of aryl methyl sites for hydroxylation is 1. The number of aromatic nitrogens is 1. The standard InChI is InChI=1S/C15H16N4O2/c1-10-5-7-17-15(14(10)19(20)21)18-8-6-12-11(9-18)3-2-4-13(12)16/h2-5,7H,6,8-9,16H2,1H3. The summed E-state index contributed by atoms with van der Waals surface area (Å²) >= 11 is 0. The zero-order valence-corrected chi connectivity index (χ0v) is 11.7. The molecule has 1 aliphatic heterocycles. The normalized spacial score (nSPS) is 13.9. The number of hydrogen-bond donors (Lipinski definition) is 1. The lowest BCUT2D eigenvalue weighted by Crippen LogP contribution is -2.32. The Kier molecular flexibility index (Phi) is 3.21. The lowest BCUT2D eigenvalue weighted by atomic mass is 9.98. The van der Waals surface area contributed by atoms with Gasteiger partial charge in [-0.25, -0.2) is 4.98 Å². The number of rotatable bonds is 2. The largest absolute Gasteiger partial charge is 0.398 e. The van der Waals surface area contributed by atoms with E-state index in [1.807, 2.05) is 23.1 Å². The highest BCUT2D eigenvalue weighted by Crippen LogP contribution is 2.33. The molecule has 0 saturated heterocycles. The van der Waals surface area contributed by atoms with Crippen LogP contribution in [-0.4, -0.2) is 16.5 Å². The van der Waals surface area contributed by atoms with Crippen LogP contribution in [0.2, 0.25) is 0 Å². The Balaban J connectivity index is 2.01. The van der Waals surface area contributed by atoms with E-state index in [0.717, 1.165) is 23.2 Å². The quantitative estimate of drug-likeness (QED) is 0.520. The van der Waals surface area contributed by atoms with E-state index in [4.69, 9.17) is 5.73 Å². The van der Waals surface area contributed by atoms with Crippen LogP contribution in [0.5, 0.6) is 0 Å². The van der Waals surface area contributed by atoms with E-state index in [1.54, 1.807) is 19.2 Å². The van der Waals surface area contributed by atoms with E-state index in [0.29, 0.717) is 24.5 Å². The number of hydrogen-bond acceptors (Lipinski definition) is 5. The number of benzene rings is 1. The van der Waals surface area contributed by atoms with Crippen molar-refractivity contribution in [3.63, 3.8) is 0 Å². The van der Waals surface area contributed by atoms with Gasteiger partial charge in [-0.3, -0.25) is 10.1 Å².